The van der Waals surface area contributed by atoms with Crippen LogP contribution in [0.1, 0.15) is 12.8 Å². The summed E-state index contributed by atoms with van der Waals surface area (Å²) in [5.41, 5.74) is 7.79. The number of hydrogen-bond donors (Lipinski definition) is 1. The lowest BCUT2D eigenvalue weighted by Gasteiger charge is -2.36. The van der Waals surface area contributed by atoms with Gasteiger partial charge in [-0.3, -0.25) is 4.79 Å². The number of anilines is 2. The minimum Gasteiger partial charge on any atom is -0.372 e. The summed E-state index contributed by atoms with van der Waals surface area (Å²) in [4.78, 5) is 15.6. The van der Waals surface area contributed by atoms with Gasteiger partial charge in [0.25, 0.3) is 0 Å². The van der Waals surface area contributed by atoms with Crippen molar-refractivity contribution in [2.24, 2.45) is 5.73 Å². The standard InChI is InChI=1S/C13H17N3O/c14-12-9-16(13(12)17)11-5-3-10(4-6-11)15-7-1-2-8-15/h3-6,12H,1-2,7-9,14H2. The van der Waals surface area contributed by atoms with Crippen molar-refractivity contribution in [1.82, 2.24) is 0 Å². The molecule has 0 aliphatic carbocycles. The number of nitrogens with zero attached hydrogens (tertiary/aromatic N) is 2. The smallest absolute Gasteiger partial charge is 0.245 e. The van der Waals surface area contributed by atoms with Crippen LogP contribution in [0.15, 0.2) is 24.3 Å². The normalized spacial score (nSPS) is 24.1. The molecule has 2 N–H and O–H groups in total. The van der Waals surface area contributed by atoms with Gasteiger partial charge in [0.1, 0.15) is 6.04 Å². The van der Waals surface area contributed by atoms with Gasteiger partial charge < -0.3 is 15.5 Å². The van der Waals surface area contributed by atoms with Crippen LogP contribution >= 0.6 is 0 Å². The maximum atomic E-state index is 11.5. The average molecular weight is 231 g/mol. The number of carbonyl (C=O) groups is 1. The Morgan fingerprint density at radius 1 is 1.06 bits per heavy atom. The van der Waals surface area contributed by atoms with Crippen molar-refractivity contribution in [3.05, 3.63) is 24.3 Å². The monoisotopic (exact) mass is 231 g/mol. The summed E-state index contributed by atoms with van der Waals surface area (Å²) in [6.45, 7) is 2.93. The van der Waals surface area contributed by atoms with E-state index in [0.29, 0.717) is 6.54 Å². The van der Waals surface area contributed by atoms with E-state index in [4.69, 9.17) is 5.73 Å². The zero-order chi connectivity index (χ0) is 11.8. The fourth-order valence-electron chi connectivity index (χ4n) is 2.50. The van der Waals surface area contributed by atoms with Crippen molar-refractivity contribution in [3.8, 4) is 0 Å². The third kappa shape index (κ3) is 1.78. The van der Waals surface area contributed by atoms with Gasteiger partial charge >= 0.3 is 0 Å². The molecule has 0 bridgehead atoms. The average Bonchev–Trinajstić information content (AvgIpc) is 2.89. The molecule has 1 unspecified atom stereocenters. The van der Waals surface area contributed by atoms with Gasteiger partial charge in [-0.15, -0.1) is 0 Å². The van der Waals surface area contributed by atoms with E-state index in [0.717, 1.165) is 18.8 Å². The van der Waals surface area contributed by atoms with E-state index in [-0.39, 0.29) is 11.9 Å². The first-order valence-electron chi connectivity index (χ1n) is 6.18. The molecule has 90 valence electrons. The van der Waals surface area contributed by atoms with Gasteiger partial charge in [-0.25, -0.2) is 0 Å². The van der Waals surface area contributed by atoms with E-state index in [1.54, 1.807) is 4.90 Å². The largest absolute Gasteiger partial charge is 0.372 e. The van der Waals surface area contributed by atoms with Crippen LogP contribution in [0.4, 0.5) is 11.4 Å². The van der Waals surface area contributed by atoms with Crippen LogP contribution in [0.25, 0.3) is 0 Å². The summed E-state index contributed by atoms with van der Waals surface area (Å²) in [6, 6.07) is 7.91. The van der Waals surface area contributed by atoms with Gasteiger partial charge in [-0.05, 0) is 37.1 Å². The predicted molar refractivity (Wildman–Crippen MR) is 68.2 cm³/mol. The van der Waals surface area contributed by atoms with Crippen molar-refractivity contribution in [1.29, 1.82) is 0 Å². The first-order chi connectivity index (χ1) is 8.25. The van der Waals surface area contributed by atoms with Crippen molar-refractivity contribution < 1.29 is 4.79 Å². The maximum Gasteiger partial charge on any atom is 0.245 e. The molecule has 0 saturated carbocycles. The van der Waals surface area contributed by atoms with Crippen LogP contribution in [-0.2, 0) is 4.79 Å². The zero-order valence-electron chi connectivity index (χ0n) is 9.80. The summed E-state index contributed by atoms with van der Waals surface area (Å²) in [7, 11) is 0. The summed E-state index contributed by atoms with van der Waals surface area (Å²) in [5.74, 6) is 0.0268. The van der Waals surface area contributed by atoms with Gasteiger partial charge in [-0.2, -0.15) is 0 Å². The van der Waals surface area contributed by atoms with Crippen LogP contribution in [0.3, 0.4) is 0 Å². The first-order valence-corrected chi connectivity index (χ1v) is 6.18. The van der Waals surface area contributed by atoms with Gasteiger partial charge in [0, 0.05) is 24.5 Å². The highest BCUT2D eigenvalue weighted by Gasteiger charge is 2.34. The molecule has 2 heterocycles. The lowest BCUT2D eigenvalue weighted by molar-refractivity contribution is -0.123. The van der Waals surface area contributed by atoms with Crippen LogP contribution in [0.2, 0.25) is 0 Å². The van der Waals surface area contributed by atoms with E-state index < -0.39 is 0 Å². The zero-order valence-corrected chi connectivity index (χ0v) is 9.80. The van der Waals surface area contributed by atoms with Crippen molar-refractivity contribution in [2.75, 3.05) is 29.4 Å². The number of benzene rings is 1. The highest BCUT2D eigenvalue weighted by Crippen LogP contribution is 2.26. The molecule has 4 nitrogen and oxygen atoms in total. The first kappa shape index (κ1) is 10.6. The number of nitrogens with two attached hydrogens (primary N) is 1. The molecule has 2 aliphatic heterocycles. The van der Waals surface area contributed by atoms with E-state index >= 15 is 0 Å². The second kappa shape index (κ2) is 4.04. The van der Waals surface area contributed by atoms with Gasteiger partial charge in [0.2, 0.25) is 5.91 Å². The Kier molecular flexibility index (Phi) is 2.52. The van der Waals surface area contributed by atoms with Gasteiger partial charge in [0.15, 0.2) is 0 Å². The predicted octanol–water partition coefficient (Wildman–Crippen LogP) is 0.961. The number of carbonyl (C=O) groups excluding carboxylic acids is 1. The van der Waals surface area contributed by atoms with Crippen LogP contribution < -0.4 is 15.5 Å². The molecule has 1 aromatic carbocycles. The minimum atomic E-state index is -0.298. The Balaban J connectivity index is 1.74. The fraction of sp³-hybridized carbons (Fsp3) is 0.462. The molecule has 0 radical (unpaired) electrons. The van der Waals surface area contributed by atoms with Gasteiger partial charge in [0.05, 0.1) is 6.54 Å². The van der Waals surface area contributed by atoms with Gasteiger partial charge in [-0.1, -0.05) is 0 Å². The highest BCUT2D eigenvalue weighted by molar-refractivity contribution is 6.03. The summed E-state index contributed by atoms with van der Waals surface area (Å²) in [5, 5.41) is 0. The molecule has 0 aromatic heterocycles. The third-order valence-electron chi connectivity index (χ3n) is 3.60. The molecule has 2 saturated heterocycles. The number of amides is 1. The number of β-lactam (4-membered cyclic amide) rings is 1. The minimum absolute atomic E-state index is 0.0268. The number of hydrogen-bond acceptors (Lipinski definition) is 3. The molecular weight excluding hydrogens is 214 g/mol. The Morgan fingerprint density at radius 2 is 1.65 bits per heavy atom. The second-order valence-electron chi connectivity index (χ2n) is 4.77. The van der Waals surface area contributed by atoms with Crippen LogP contribution in [0, 0.1) is 0 Å². The number of rotatable bonds is 2. The summed E-state index contributed by atoms with van der Waals surface area (Å²) >= 11 is 0. The molecule has 0 spiro atoms. The Morgan fingerprint density at radius 3 is 2.18 bits per heavy atom. The molecule has 3 rings (SSSR count). The molecule has 2 aliphatic rings. The molecule has 4 heteroatoms. The molecule has 17 heavy (non-hydrogen) atoms. The van der Waals surface area contributed by atoms with Crippen LogP contribution in [-0.4, -0.2) is 31.6 Å². The van der Waals surface area contributed by atoms with E-state index in [1.165, 1.54) is 18.5 Å². The highest BCUT2D eigenvalue weighted by atomic mass is 16.2. The fourth-order valence-corrected chi connectivity index (χ4v) is 2.50. The summed E-state index contributed by atoms with van der Waals surface area (Å²) in [6.07, 6.45) is 2.56. The third-order valence-corrected chi connectivity index (χ3v) is 3.60. The quantitative estimate of drug-likeness (QED) is 0.771. The Bertz CT molecular complexity index is 423. The lowest BCUT2D eigenvalue weighted by atomic mass is 10.1. The maximum absolute atomic E-state index is 11.5. The molecular formula is C13H17N3O. The van der Waals surface area contributed by atoms with Crippen molar-refractivity contribution >= 4 is 17.3 Å². The Hall–Kier alpha value is -1.55. The molecule has 1 amide bonds. The SMILES string of the molecule is NC1CN(c2ccc(N3CCCC3)cc2)C1=O. The van der Waals surface area contributed by atoms with E-state index in [2.05, 4.69) is 17.0 Å². The van der Waals surface area contributed by atoms with Crippen LogP contribution in [0.5, 0.6) is 0 Å². The Labute approximate surface area is 101 Å². The molecule has 1 atom stereocenters. The van der Waals surface area contributed by atoms with E-state index in [1.807, 2.05) is 12.1 Å². The second-order valence-corrected chi connectivity index (χ2v) is 4.77. The lowest BCUT2D eigenvalue weighted by Crippen LogP contribution is -2.61. The molecule has 2 fully saturated rings. The van der Waals surface area contributed by atoms with Crippen molar-refractivity contribution in [3.63, 3.8) is 0 Å². The van der Waals surface area contributed by atoms with Crippen molar-refractivity contribution in [2.45, 2.75) is 18.9 Å². The topological polar surface area (TPSA) is 49.6 Å². The molecule has 1 aromatic rings. The summed E-state index contributed by atoms with van der Waals surface area (Å²) < 4.78 is 0. The van der Waals surface area contributed by atoms with E-state index in [9.17, 15) is 4.79 Å².